The molecule has 20 heavy (non-hydrogen) atoms. The molecular weight excluding hydrogens is 276 g/mol. The van der Waals surface area contributed by atoms with Gasteiger partial charge in [0.05, 0.1) is 5.37 Å². The number of amides is 1. The second kappa shape index (κ2) is 8.52. The molecule has 1 amide bonds. The summed E-state index contributed by atoms with van der Waals surface area (Å²) in [6.07, 6.45) is 3.97. The number of carboxylic acid groups (broad SMARTS) is 1. The lowest BCUT2D eigenvalue weighted by molar-refractivity contribution is -0.149. The topological polar surface area (TPSA) is 83.6 Å². The van der Waals surface area contributed by atoms with E-state index in [4.69, 9.17) is 5.73 Å². The van der Waals surface area contributed by atoms with Gasteiger partial charge >= 0.3 is 5.97 Å². The number of thioether (sulfide) groups is 1. The van der Waals surface area contributed by atoms with Gasteiger partial charge in [0.15, 0.2) is 0 Å². The van der Waals surface area contributed by atoms with Crippen molar-refractivity contribution in [2.75, 3.05) is 12.3 Å². The van der Waals surface area contributed by atoms with Crippen molar-refractivity contribution in [1.82, 2.24) is 4.90 Å². The Morgan fingerprint density at radius 3 is 2.60 bits per heavy atom. The number of hydrogen-bond donors (Lipinski definition) is 2. The molecule has 1 aliphatic heterocycles. The first-order valence-corrected chi connectivity index (χ1v) is 8.45. The van der Waals surface area contributed by atoms with Crippen LogP contribution < -0.4 is 5.73 Å². The third kappa shape index (κ3) is 4.38. The van der Waals surface area contributed by atoms with E-state index in [9.17, 15) is 14.7 Å². The van der Waals surface area contributed by atoms with Crippen molar-refractivity contribution in [2.45, 2.75) is 57.4 Å². The molecule has 3 unspecified atom stereocenters. The molecule has 1 saturated heterocycles. The van der Waals surface area contributed by atoms with Crippen molar-refractivity contribution in [3.8, 4) is 0 Å². The molecule has 0 spiro atoms. The Labute approximate surface area is 125 Å². The fraction of sp³-hybridized carbons (Fsp3) is 0.857. The van der Waals surface area contributed by atoms with Gasteiger partial charge in [-0.25, -0.2) is 4.79 Å². The first kappa shape index (κ1) is 17.3. The molecule has 0 bridgehead atoms. The maximum atomic E-state index is 12.4. The number of carbonyl (C=O) groups excluding carboxylic acids is 1. The van der Waals surface area contributed by atoms with Crippen molar-refractivity contribution in [3.63, 3.8) is 0 Å². The second-order valence-electron chi connectivity index (χ2n) is 5.24. The number of nitrogens with zero attached hydrogens (tertiary/aromatic N) is 1. The van der Waals surface area contributed by atoms with E-state index in [-0.39, 0.29) is 11.3 Å². The highest BCUT2D eigenvalue weighted by Gasteiger charge is 2.40. The number of carboxylic acids is 1. The Hall–Kier alpha value is -0.750. The molecule has 0 aromatic rings. The smallest absolute Gasteiger partial charge is 0.327 e. The van der Waals surface area contributed by atoms with Crippen LogP contribution in [0, 0.1) is 5.92 Å². The number of rotatable bonds is 8. The predicted molar refractivity (Wildman–Crippen MR) is 81.5 cm³/mol. The minimum Gasteiger partial charge on any atom is -0.480 e. The van der Waals surface area contributed by atoms with Gasteiger partial charge in [0.25, 0.3) is 0 Å². The van der Waals surface area contributed by atoms with Crippen molar-refractivity contribution < 1.29 is 14.7 Å². The van der Waals surface area contributed by atoms with Crippen LogP contribution in [0.5, 0.6) is 0 Å². The molecule has 116 valence electrons. The zero-order chi connectivity index (χ0) is 15.1. The van der Waals surface area contributed by atoms with E-state index in [0.29, 0.717) is 24.6 Å². The SMILES string of the molecule is CCC(CCN)CCC(=O)N1C(CC)SCC1C(=O)O. The first-order chi connectivity index (χ1) is 9.54. The molecule has 0 aromatic heterocycles. The number of nitrogens with two attached hydrogens (primary N) is 1. The summed E-state index contributed by atoms with van der Waals surface area (Å²) in [5.41, 5.74) is 5.56. The van der Waals surface area contributed by atoms with Crippen LogP contribution in [0.15, 0.2) is 0 Å². The van der Waals surface area contributed by atoms with E-state index in [1.165, 1.54) is 0 Å². The summed E-state index contributed by atoms with van der Waals surface area (Å²) in [6.45, 7) is 4.73. The lowest BCUT2D eigenvalue weighted by atomic mass is 9.96. The van der Waals surface area contributed by atoms with E-state index in [1.54, 1.807) is 16.7 Å². The van der Waals surface area contributed by atoms with Crippen LogP contribution in [0.25, 0.3) is 0 Å². The normalized spacial score (nSPS) is 23.9. The van der Waals surface area contributed by atoms with Gasteiger partial charge in [-0.05, 0) is 31.7 Å². The van der Waals surface area contributed by atoms with Crippen molar-refractivity contribution in [3.05, 3.63) is 0 Å². The molecule has 3 N–H and O–H groups in total. The maximum Gasteiger partial charge on any atom is 0.327 e. The molecule has 0 radical (unpaired) electrons. The highest BCUT2D eigenvalue weighted by Crippen LogP contribution is 2.32. The van der Waals surface area contributed by atoms with E-state index in [1.807, 2.05) is 6.92 Å². The second-order valence-corrected chi connectivity index (χ2v) is 6.45. The molecule has 0 aromatic carbocycles. The van der Waals surface area contributed by atoms with Gasteiger partial charge in [-0.1, -0.05) is 20.3 Å². The van der Waals surface area contributed by atoms with Crippen LogP contribution in [0.3, 0.4) is 0 Å². The molecule has 1 aliphatic rings. The maximum absolute atomic E-state index is 12.4. The van der Waals surface area contributed by atoms with Gasteiger partial charge in [-0.2, -0.15) is 0 Å². The molecule has 1 heterocycles. The monoisotopic (exact) mass is 302 g/mol. The molecule has 0 aliphatic carbocycles. The average Bonchev–Trinajstić information content (AvgIpc) is 2.87. The quantitative estimate of drug-likeness (QED) is 0.715. The first-order valence-electron chi connectivity index (χ1n) is 7.40. The predicted octanol–water partition coefficient (Wildman–Crippen LogP) is 1.91. The van der Waals surface area contributed by atoms with Crippen LogP contribution in [-0.4, -0.2) is 45.6 Å². The molecule has 3 atom stereocenters. The zero-order valence-corrected chi connectivity index (χ0v) is 13.2. The number of carbonyl (C=O) groups is 2. The highest BCUT2D eigenvalue weighted by molar-refractivity contribution is 8.00. The molecule has 0 saturated carbocycles. The summed E-state index contributed by atoms with van der Waals surface area (Å²) in [4.78, 5) is 25.2. The Balaban J connectivity index is 2.60. The summed E-state index contributed by atoms with van der Waals surface area (Å²) in [5, 5.41) is 9.24. The van der Waals surface area contributed by atoms with E-state index in [2.05, 4.69) is 6.92 Å². The van der Waals surface area contributed by atoms with Crippen LogP contribution in [0.2, 0.25) is 0 Å². The third-order valence-corrected chi connectivity index (χ3v) is 5.39. The lowest BCUT2D eigenvalue weighted by Gasteiger charge is -2.27. The lowest BCUT2D eigenvalue weighted by Crippen LogP contribution is -2.45. The van der Waals surface area contributed by atoms with E-state index in [0.717, 1.165) is 25.7 Å². The van der Waals surface area contributed by atoms with Crippen molar-refractivity contribution >= 4 is 23.6 Å². The summed E-state index contributed by atoms with van der Waals surface area (Å²) >= 11 is 1.57. The fourth-order valence-corrected chi connectivity index (χ4v) is 4.02. The van der Waals surface area contributed by atoms with Gasteiger partial charge < -0.3 is 15.7 Å². The minimum absolute atomic E-state index is 0.0122. The molecule has 5 nitrogen and oxygen atoms in total. The minimum atomic E-state index is -0.893. The van der Waals surface area contributed by atoms with Crippen LogP contribution in [0.1, 0.15) is 46.0 Å². The summed E-state index contributed by atoms with van der Waals surface area (Å²) < 4.78 is 0. The number of hydrogen-bond acceptors (Lipinski definition) is 4. The summed E-state index contributed by atoms with van der Waals surface area (Å²) in [6, 6.07) is -0.660. The Morgan fingerprint density at radius 1 is 1.40 bits per heavy atom. The standard InChI is InChI=1S/C14H26N2O3S/c1-3-10(7-8-15)5-6-12(17)16-11(14(18)19)9-20-13(16)4-2/h10-11,13H,3-9,15H2,1-2H3,(H,18,19). The van der Waals surface area contributed by atoms with Crippen molar-refractivity contribution in [1.29, 1.82) is 0 Å². The van der Waals surface area contributed by atoms with Gasteiger partial charge in [-0.3, -0.25) is 4.79 Å². The van der Waals surface area contributed by atoms with Gasteiger partial charge in [0, 0.05) is 12.2 Å². The summed E-state index contributed by atoms with van der Waals surface area (Å²) in [5.74, 6) is 0.0441. The fourth-order valence-electron chi connectivity index (χ4n) is 2.65. The highest BCUT2D eigenvalue weighted by atomic mass is 32.2. The van der Waals surface area contributed by atoms with Gasteiger partial charge in [0.1, 0.15) is 6.04 Å². The molecule has 1 fully saturated rings. The Bertz CT molecular complexity index is 338. The molecular formula is C14H26N2O3S. The van der Waals surface area contributed by atoms with Gasteiger partial charge in [0.2, 0.25) is 5.91 Å². The Morgan fingerprint density at radius 2 is 2.10 bits per heavy atom. The zero-order valence-electron chi connectivity index (χ0n) is 12.4. The molecule has 6 heteroatoms. The van der Waals surface area contributed by atoms with Crippen molar-refractivity contribution in [2.24, 2.45) is 11.7 Å². The third-order valence-electron chi connectivity index (χ3n) is 3.93. The van der Waals surface area contributed by atoms with Gasteiger partial charge in [-0.15, -0.1) is 11.8 Å². The van der Waals surface area contributed by atoms with E-state index < -0.39 is 12.0 Å². The van der Waals surface area contributed by atoms with E-state index >= 15 is 0 Å². The van der Waals surface area contributed by atoms with Crippen LogP contribution in [-0.2, 0) is 9.59 Å². The van der Waals surface area contributed by atoms with Crippen LogP contribution >= 0.6 is 11.8 Å². The van der Waals surface area contributed by atoms with Crippen LogP contribution in [0.4, 0.5) is 0 Å². The summed E-state index contributed by atoms with van der Waals surface area (Å²) in [7, 11) is 0. The number of aliphatic carboxylic acids is 1. The largest absolute Gasteiger partial charge is 0.480 e. The Kier molecular flexibility index (Phi) is 7.37. The molecule has 1 rings (SSSR count). The average molecular weight is 302 g/mol.